The number of ether oxygens (including phenoxy) is 1. The summed E-state index contributed by atoms with van der Waals surface area (Å²) in [6.45, 7) is 7.23. The Balaban J connectivity index is 1.50. The van der Waals surface area contributed by atoms with Crippen LogP contribution in [0.4, 0.5) is 0 Å². The van der Waals surface area contributed by atoms with Crippen molar-refractivity contribution in [3.8, 4) is 5.75 Å². The van der Waals surface area contributed by atoms with Gasteiger partial charge in [0.1, 0.15) is 17.9 Å². The molecule has 0 atom stereocenters. The Morgan fingerprint density at radius 2 is 2.19 bits per heavy atom. The van der Waals surface area contributed by atoms with Gasteiger partial charge < -0.3 is 19.9 Å². The second-order valence-electron chi connectivity index (χ2n) is 7.01. The Labute approximate surface area is 161 Å². The smallest absolute Gasteiger partial charge is 0.191 e. The molecule has 1 heterocycles. The van der Waals surface area contributed by atoms with Crippen LogP contribution in [0.2, 0.25) is 0 Å². The van der Waals surface area contributed by atoms with Crippen LogP contribution in [0.1, 0.15) is 36.7 Å². The zero-order chi connectivity index (χ0) is 19.1. The molecule has 1 aliphatic rings. The van der Waals surface area contributed by atoms with Gasteiger partial charge in [-0.05, 0) is 37.3 Å². The van der Waals surface area contributed by atoms with Crippen molar-refractivity contribution in [1.82, 2.24) is 25.4 Å². The Morgan fingerprint density at radius 3 is 2.93 bits per heavy atom. The number of benzene rings is 1. The van der Waals surface area contributed by atoms with E-state index < -0.39 is 0 Å². The van der Waals surface area contributed by atoms with Gasteiger partial charge in [-0.3, -0.25) is 4.99 Å². The Kier molecular flexibility index (Phi) is 6.68. The number of nitrogens with zero attached hydrogens (tertiary/aromatic N) is 4. The molecule has 27 heavy (non-hydrogen) atoms. The van der Waals surface area contributed by atoms with E-state index in [0.717, 1.165) is 55.1 Å². The standard InChI is InChI=1S/C20H30N6O/c1-4-19-25-24-14-26(19)10-9-22-20(21-3)23-12-17-8-5-15(2)11-18(17)27-13-16-6-7-16/h5,8,11,14,16H,4,6-7,9-10,12-13H2,1-3H3,(H2,21,22,23). The molecule has 146 valence electrons. The molecule has 0 aliphatic heterocycles. The summed E-state index contributed by atoms with van der Waals surface area (Å²) < 4.78 is 8.11. The van der Waals surface area contributed by atoms with E-state index in [1.54, 1.807) is 13.4 Å². The van der Waals surface area contributed by atoms with E-state index in [4.69, 9.17) is 4.74 Å². The molecule has 1 fully saturated rings. The third-order valence-corrected chi connectivity index (χ3v) is 4.72. The van der Waals surface area contributed by atoms with Crippen LogP contribution in [-0.2, 0) is 19.5 Å². The molecule has 2 aromatic rings. The van der Waals surface area contributed by atoms with Crippen molar-refractivity contribution in [3.63, 3.8) is 0 Å². The van der Waals surface area contributed by atoms with E-state index in [2.05, 4.69) is 62.4 Å². The van der Waals surface area contributed by atoms with Gasteiger partial charge in [-0.2, -0.15) is 0 Å². The molecule has 1 aromatic heterocycles. The van der Waals surface area contributed by atoms with Crippen molar-refractivity contribution >= 4 is 5.96 Å². The fourth-order valence-corrected chi connectivity index (χ4v) is 2.87. The molecule has 3 rings (SSSR count). The minimum Gasteiger partial charge on any atom is -0.493 e. The zero-order valence-electron chi connectivity index (χ0n) is 16.5. The molecule has 0 radical (unpaired) electrons. The van der Waals surface area contributed by atoms with Gasteiger partial charge in [-0.1, -0.05) is 19.1 Å². The van der Waals surface area contributed by atoms with Crippen LogP contribution in [0.25, 0.3) is 0 Å². The summed E-state index contributed by atoms with van der Waals surface area (Å²) in [5.74, 6) is 3.49. The van der Waals surface area contributed by atoms with E-state index in [1.807, 2.05) is 0 Å². The molecule has 0 amide bonds. The Morgan fingerprint density at radius 1 is 1.33 bits per heavy atom. The number of hydrogen-bond acceptors (Lipinski definition) is 4. The lowest BCUT2D eigenvalue weighted by molar-refractivity contribution is 0.296. The van der Waals surface area contributed by atoms with Crippen LogP contribution in [0.5, 0.6) is 5.75 Å². The van der Waals surface area contributed by atoms with E-state index in [-0.39, 0.29) is 0 Å². The lowest BCUT2D eigenvalue weighted by Gasteiger charge is -2.16. The molecule has 1 aliphatic carbocycles. The molecule has 7 heteroatoms. The second kappa shape index (κ2) is 9.39. The minimum atomic E-state index is 0.673. The number of aromatic nitrogens is 3. The Bertz CT molecular complexity index is 766. The first-order valence-electron chi connectivity index (χ1n) is 9.73. The largest absolute Gasteiger partial charge is 0.493 e. The summed E-state index contributed by atoms with van der Waals surface area (Å²) in [5.41, 5.74) is 2.36. The molecular weight excluding hydrogens is 340 g/mol. The maximum absolute atomic E-state index is 6.05. The van der Waals surface area contributed by atoms with Gasteiger partial charge in [-0.15, -0.1) is 10.2 Å². The van der Waals surface area contributed by atoms with Crippen LogP contribution in [-0.4, -0.2) is 40.9 Å². The number of nitrogens with one attached hydrogen (secondary N) is 2. The molecule has 0 spiro atoms. The lowest BCUT2D eigenvalue weighted by atomic mass is 10.1. The van der Waals surface area contributed by atoms with Crippen LogP contribution >= 0.6 is 0 Å². The first-order valence-corrected chi connectivity index (χ1v) is 9.73. The average Bonchev–Trinajstić information content (AvgIpc) is 3.40. The highest BCUT2D eigenvalue weighted by atomic mass is 16.5. The molecule has 0 unspecified atom stereocenters. The molecule has 0 bridgehead atoms. The summed E-state index contributed by atoms with van der Waals surface area (Å²) in [7, 11) is 1.78. The van der Waals surface area contributed by atoms with Crippen molar-refractivity contribution < 1.29 is 4.74 Å². The van der Waals surface area contributed by atoms with Gasteiger partial charge >= 0.3 is 0 Å². The van der Waals surface area contributed by atoms with E-state index in [1.165, 1.54) is 18.4 Å². The van der Waals surface area contributed by atoms with Crippen molar-refractivity contribution in [2.45, 2.75) is 46.2 Å². The lowest BCUT2D eigenvalue weighted by Crippen LogP contribution is -2.38. The van der Waals surface area contributed by atoms with E-state index in [9.17, 15) is 0 Å². The van der Waals surface area contributed by atoms with Crippen molar-refractivity contribution in [2.24, 2.45) is 10.9 Å². The van der Waals surface area contributed by atoms with Gasteiger partial charge in [0.25, 0.3) is 0 Å². The third kappa shape index (κ3) is 5.70. The minimum absolute atomic E-state index is 0.673. The van der Waals surface area contributed by atoms with Gasteiger partial charge in [0.2, 0.25) is 0 Å². The van der Waals surface area contributed by atoms with Crippen molar-refractivity contribution in [3.05, 3.63) is 41.5 Å². The summed E-state index contributed by atoms with van der Waals surface area (Å²) >= 11 is 0. The highest BCUT2D eigenvalue weighted by molar-refractivity contribution is 5.79. The van der Waals surface area contributed by atoms with Crippen molar-refractivity contribution in [2.75, 3.05) is 20.2 Å². The predicted octanol–water partition coefficient (Wildman–Crippen LogP) is 2.30. The number of rotatable bonds is 9. The number of aryl methyl sites for hydroxylation is 2. The van der Waals surface area contributed by atoms with Crippen LogP contribution in [0, 0.1) is 12.8 Å². The number of guanidine groups is 1. The number of hydrogen-bond donors (Lipinski definition) is 2. The first kappa shape index (κ1) is 19.2. The zero-order valence-corrected chi connectivity index (χ0v) is 16.5. The first-order chi connectivity index (χ1) is 13.2. The molecule has 7 nitrogen and oxygen atoms in total. The van der Waals surface area contributed by atoms with Crippen LogP contribution in [0.3, 0.4) is 0 Å². The maximum atomic E-state index is 6.05. The second-order valence-corrected chi connectivity index (χ2v) is 7.01. The molecule has 2 N–H and O–H groups in total. The van der Waals surface area contributed by atoms with Crippen LogP contribution < -0.4 is 15.4 Å². The SMILES string of the molecule is CCc1nncn1CCNC(=NC)NCc1ccc(C)cc1OCC1CC1. The Hall–Kier alpha value is -2.57. The topological polar surface area (TPSA) is 76.4 Å². The van der Waals surface area contributed by atoms with E-state index in [0.29, 0.717) is 6.54 Å². The molecule has 0 saturated heterocycles. The number of aliphatic imine (C=N–C) groups is 1. The molecule has 1 saturated carbocycles. The quantitative estimate of drug-likeness (QED) is 0.523. The van der Waals surface area contributed by atoms with Gasteiger partial charge in [0, 0.05) is 38.7 Å². The maximum Gasteiger partial charge on any atom is 0.191 e. The average molecular weight is 371 g/mol. The summed E-state index contributed by atoms with van der Waals surface area (Å²) in [4.78, 5) is 4.31. The van der Waals surface area contributed by atoms with Gasteiger partial charge in [0.05, 0.1) is 6.61 Å². The molecular formula is C20H30N6O. The van der Waals surface area contributed by atoms with E-state index >= 15 is 0 Å². The van der Waals surface area contributed by atoms with Crippen LogP contribution in [0.15, 0.2) is 29.5 Å². The highest BCUT2D eigenvalue weighted by Gasteiger charge is 2.22. The fraction of sp³-hybridized carbons (Fsp3) is 0.550. The molecule has 1 aromatic carbocycles. The third-order valence-electron chi connectivity index (χ3n) is 4.72. The van der Waals surface area contributed by atoms with Gasteiger partial charge in [-0.25, -0.2) is 0 Å². The normalized spacial score (nSPS) is 14.3. The highest BCUT2D eigenvalue weighted by Crippen LogP contribution is 2.30. The summed E-state index contributed by atoms with van der Waals surface area (Å²) in [5, 5.41) is 14.8. The van der Waals surface area contributed by atoms with Gasteiger partial charge in [0.15, 0.2) is 5.96 Å². The predicted molar refractivity (Wildman–Crippen MR) is 107 cm³/mol. The fourth-order valence-electron chi connectivity index (χ4n) is 2.87. The summed E-state index contributed by atoms with van der Waals surface area (Å²) in [6, 6.07) is 6.37. The monoisotopic (exact) mass is 370 g/mol. The summed E-state index contributed by atoms with van der Waals surface area (Å²) in [6.07, 6.45) is 5.24. The van der Waals surface area contributed by atoms with Crippen molar-refractivity contribution in [1.29, 1.82) is 0 Å².